The van der Waals surface area contributed by atoms with Gasteiger partial charge in [-0.05, 0) is 86.9 Å². The molecule has 3 fully saturated rings. The predicted molar refractivity (Wildman–Crippen MR) is 96.5 cm³/mol. The van der Waals surface area contributed by atoms with Gasteiger partial charge < -0.3 is 5.11 Å². The summed E-state index contributed by atoms with van der Waals surface area (Å²) < 4.78 is 0. The Kier molecular flexibility index (Phi) is 3.64. The predicted octanol–water partition coefficient (Wildman–Crippen LogP) is 4.91. The van der Waals surface area contributed by atoms with Crippen LogP contribution >= 0.6 is 0 Å². The minimum absolute atomic E-state index is 0.115. The third kappa shape index (κ3) is 1.95. The van der Waals surface area contributed by atoms with Crippen molar-refractivity contribution in [2.24, 2.45) is 34.0 Å². The molecule has 2 nitrogen and oxygen atoms in total. The average Bonchev–Trinajstić information content (AvgIpc) is 2.81. The van der Waals surface area contributed by atoms with Crippen LogP contribution in [0.15, 0.2) is 11.6 Å². The van der Waals surface area contributed by atoms with Crippen LogP contribution in [0.5, 0.6) is 0 Å². The Morgan fingerprint density at radius 2 is 1.79 bits per heavy atom. The maximum Gasteiger partial charge on any atom is 0.136 e. The van der Waals surface area contributed by atoms with E-state index in [1.54, 1.807) is 5.57 Å². The van der Waals surface area contributed by atoms with Crippen molar-refractivity contribution in [3.8, 4) is 0 Å². The number of carbonyl (C=O) groups is 1. The Labute approximate surface area is 147 Å². The van der Waals surface area contributed by atoms with Gasteiger partial charge in [-0.2, -0.15) is 0 Å². The fraction of sp³-hybridized carbons (Fsp3) is 0.864. The van der Waals surface area contributed by atoms with Crippen LogP contribution in [0.25, 0.3) is 0 Å². The average molecular weight is 331 g/mol. The topological polar surface area (TPSA) is 37.3 Å². The smallest absolute Gasteiger partial charge is 0.136 e. The number of allylic oxidation sites excluding steroid dienone is 1. The standard InChI is InChI=1S/C22H34O2/c1-14(23)21(3)11-9-19-17-6-5-15-13-16(24)7-10-20(15,2)18(17)8-12-22(19,21)4/h5,16-19,24H,6-13H2,1-4H3/t16-,17?,18?,19?,20-,21+,22-/m0/s1. The zero-order valence-electron chi connectivity index (χ0n) is 15.9. The first-order valence-electron chi connectivity index (χ1n) is 10.1. The SMILES string of the molecule is CC(=O)[C@@]1(C)CCC2C3CC=C4C[C@@H](O)CC[C@]4(C)C3CC[C@@]21C. The van der Waals surface area contributed by atoms with Crippen molar-refractivity contribution in [3.63, 3.8) is 0 Å². The van der Waals surface area contributed by atoms with Crippen LogP contribution in [0.1, 0.15) is 79.1 Å². The highest BCUT2D eigenvalue weighted by molar-refractivity contribution is 5.83. The summed E-state index contributed by atoms with van der Waals surface area (Å²) in [5, 5.41) is 10.1. The molecule has 134 valence electrons. The van der Waals surface area contributed by atoms with E-state index in [2.05, 4.69) is 26.8 Å². The zero-order chi connectivity index (χ0) is 17.3. The van der Waals surface area contributed by atoms with E-state index in [0.717, 1.165) is 37.5 Å². The molecule has 0 bridgehead atoms. The molecule has 7 atom stereocenters. The van der Waals surface area contributed by atoms with E-state index in [0.29, 0.717) is 17.1 Å². The second kappa shape index (κ2) is 5.19. The van der Waals surface area contributed by atoms with Crippen molar-refractivity contribution in [2.45, 2.75) is 85.2 Å². The number of hydrogen-bond acceptors (Lipinski definition) is 2. The highest BCUT2D eigenvalue weighted by Crippen LogP contribution is 2.69. The van der Waals surface area contributed by atoms with Gasteiger partial charge in [0.2, 0.25) is 0 Å². The van der Waals surface area contributed by atoms with Gasteiger partial charge in [0.15, 0.2) is 0 Å². The lowest BCUT2D eigenvalue weighted by molar-refractivity contribution is -0.138. The molecule has 0 aliphatic heterocycles. The minimum atomic E-state index is -0.123. The number of rotatable bonds is 1. The molecule has 24 heavy (non-hydrogen) atoms. The molecule has 0 amide bonds. The molecule has 1 N–H and O–H groups in total. The third-order valence-corrected chi connectivity index (χ3v) is 9.46. The molecular weight excluding hydrogens is 296 g/mol. The maximum atomic E-state index is 12.5. The summed E-state index contributed by atoms with van der Waals surface area (Å²) in [5.74, 6) is 2.61. The Morgan fingerprint density at radius 1 is 1.08 bits per heavy atom. The fourth-order valence-corrected chi connectivity index (χ4v) is 7.49. The van der Waals surface area contributed by atoms with Crippen molar-refractivity contribution in [2.75, 3.05) is 0 Å². The molecule has 0 aromatic rings. The summed E-state index contributed by atoms with van der Waals surface area (Å²) in [6.45, 7) is 8.97. The molecule has 4 rings (SSSR count). The molecule has 0 heterocycles. The second-order valence-corrected chi connectivity index (χ2v) is 10.0. The first-order chi connectivity index (χ1) is 11.2. The van der Waals surface area contributed by atoms with Gasteiger partial charge in [0.05, 0.1) is 6.10 Å². The Hall–Kier alpha value is -0.630. The summed E-state index contributed by atoms with van der Waals surface area (Å²) in [5.41, 5.74) is 1.92. The quantitative estimate of drug-likeness (QED) is 0.694. The van der Waals surface area contributed by atoms with Gasteiger partial charge in [-0.15, -0.1) is 0 Å². The van der Waals surface area contributed by atoms with Gasteiger partial charge in [0.1, 0.15) is 5.78 Å². The van der Waals surface area contributed by atoms with Gasteiger partial charge in [-0.3, -0.25) is 4.79 Å². The van der Waals surface area contributed by atoms with E-state index in [-0.39, 0.29) is 16.9 Å². The lowest BCUT2D eigenvalue weighted by Crippen LogP contribution is -2.53. The summed E-state index contributed by atoms with van der Waals surface area (Å²) in [4.78, 5) is 12.5. The van der Waals surface area contributed by atoms with E-state index in [9.17, 15) is 9.90 Å². The zero-order valence-corrected chi connectivity index (χ0v) is 15.9. The second-order valence-electron chi connectivity index (χ2n) is 10.0. The molecule has 2 heteroatoms. The highest BCUT2D eigenvalue weighted by Gasteiger charge is 2.63. The van der Waals surface area contributed by atoms with Gasteiger partial charge in [0, 0.05) is 5.41 Å². The summed E-state index contributed by atoms with van der Waals surface area (Å²) in [6, 6.07) is 0. The lowest BCUT2D eigenvalue weighted by atomic mass is 9.45. The van der Waals surface area contributed by atoms with Crippen LogP contribution in [-0.4, -0.2) is 17.0 Å². The summed E-state index contributed by atoms with van der Waals surface area (Å²) >= 11 is 0. The first-order valence-corrected chi connectivity index (χ1v) is 10.1. The largest absolute Gasteiger partial charge is 0.393 e. The van der Waals surface area contributed by atoms with E-state index >= 15 is 0 Å². The first kappa shape index (κ1) is 16.8. The Bertz CT molecular complexity index is 593. The number of hydrogen-bond donors (Lipinski definition) is 1. The van der Waals surface area contributed by atoms with Crippen molar-refractivity contribution < 1.29 is 9.90 Å². The van der Waals surface area contributed by atoms with Crippen LogP contribution < -0.4 is 0 Å². The molecule has 3 unspecified atom stereocenters. The Balaban J connectivity index is 1.69. The summed E-state index contributed by atoms with van der Waals surface area (Å²) in [7, 11) is 0. The number of fused-ring (bicyclic) bond motifs is 5. The normalized spacial score (nSPS) is 53.6. The van der Waals surface area contributed by atoms with Gasteiger partial charge >= 0.3 is 0 Å². The van der Waals surface area contributed by atoms with Gasteiger partial charge in [-0.25, -0.2) is 0 Å². The van der Waals surface area contributed by atoms with Crippen molar-refractivity contribution in [3.05, 3.63) is 11.6 Å². The number of aliphatic hydroxyl groups excluding tert-OH is 1. The van der Waals surface area contributed by atoms with Crippen LogP contribution in [0.2, 0.25) is 0 Å². The number of carbonyl (C=O) groups excluding carboxylic acids is 1. The van der Waals surface area contributed by atoms with Crippen molar-refractivity contribution in [1.82, 2.24) is 0 Å². The summed E-state index contributed by atoms with van der Waals surface area (Å²) in [6.07, 6.45) is 11.3. The van der Waals surface area contributed by atoms with E-state index in [1.165, 1.54) is 25.7 Å². The monoisotopic (exact) mass is 330 g/mol. The van der Waals surface area contributed by atoms with Crippen LogP contribution in [0.4, 0.5) is 0 Å². The lowest BCUT2D eigenvalue weighted by Gasteiger charge is -2.59. The molecular formula is C22H34O2. The fourth-order valence-electron chi connectivity index (χ4n) is 7.49. The highest BCUT2D eigenvalue weighted by atomic mass is 16.3. The van der Waals surface area contributed by atoms with E-state index in [4.69, 9.17) is 0 Å². The van der Waals surface area contributed by atoms with Crippen molar-refractivity contribution >= 4 is 5.78 Å². The molecule has 3 saturated carbocycles. The Morgan fingerprint density at radius 3 is 2.50 bits per heavy atom. The van der Waals surface area contributed by atoms with E-state index in [1.807, 2.05) is 6.92 Å². The molecule has 0 spiro atoms. The molecule has 0 saturated heterocycles. The maximum absolute atomic E-state index is 12.5. The van der Waals surface area contributed by atoms with Crippen LogP contribution in [0.3, 0.4) is 0 Å². The third-order valence-electron chi connectivity index (χ3n) is 9.46. The number of Topliss-reactive ketones (excluding diaryl/α,β-unsaturated/α-hetero) is 1. The van der Waals surface area contributed by atoms with Gasteiger partial charge in [0.25, 0.3) is 0 Å². The number of aliphatic hydroxyl groups is 1. The van der Waals surface area contributed by atoms with Gasteiger partial charge in [-0.1, -0.05) is 32.4 Å². The molecule has 4 aliphatic carbocycles. The van der Waals surface area contributed by atoms with Crippen LogP contribution in [0, 0.1) is 34.0 Å². The molecule has 0 aromatic carbocycles. The van der Waals surface area contributed by atoms with E-state index < -0.39 is 0 Å². The molecule has 0 radical (unpaired) electrons. The molecule has 4 aliphatic rings. The molecule has 0 aromatic heterocycles. The number of ketones is 1. The minimum Gasteiger partial charge on any atom is -0.393 e. The van der Waals surface area contributed by atoms with Crippen molar-refractivity contribution in [1.29, 1.82) is 0 Å². The van der Waals surface area contributed by atoms with Crippen LogP contribution in [-0.2, 0) is 4.79 Å².